The van der Waals surface area contributed by atoms with E-state index in [0.717, 1.165) is 0 Å². The van der Waals surface area contributed by atoms with Crippen LogP contribution < -0.4 is 4.74 Å². The molecule has 1 heterocycles. The first-order valence-electron chi connectivity index (χ1n) is 6.32. The van der Waals surface area contributed by atoms with Gasteiger partial charge in [0.25, 0.3) is 11.8 Å². The zero-order valence-electron chi connectivity index (χ0n) is 11.3. The Kier molecular flexibility index (Phi) is 4.02. The van der Waals surface area contributed by atoms with Gasteiger partial charge in [-0.15, -0.1) is 5.06 Å². The average molecular weight is 277 g/mol. The van der Waals surface area contributed by atoms with Crippen LogP contribution in [0.25, 0.3) is 0 Å². The fraction of sp³-hybridized carbons (Fsp3) is 0.357. The van der Waals surface area contributed by atoms with Crippen molar-refractivity contribution in [3.8, 4) is 5.75 Å². The monoisotopic (exact) mass is 277 g/mol. The molecule has 106 valence electrons. The van der Waals surface area contributed by atoms with E-state index < -0.39 is 17.8 Å². The number of imide groups is 1. The Labute approximate surface area is 116 Å². The van der Waals surface area contributed by atoms with Crippen LogP contribution in [0.2, 0.25) is 0 Å². The van der Waals surface area contributed by atoms with Crippen LogP contribution in [0, 0.1) is 0 Å². The molecular weight excluding hydrogens is 262 g/mol. The van der Waals surface area contributed by atoms with Crippen LogP contribution in [-0.4, -0.2) is 29.0 Å². The Morgan fingerprint density at radius 2 is 1.65 bits per heavy atom. The van der Waals surface area contributed by atoms with Crippen molar-refractivity contribution in [2.24, 2.45) is 0 Å². The number of hydrogen-bond acceptors (Lipinski definition) is 5. The lowest BCUT2D eigenvalue weighted by atomic mass is 10.2. The summed E-state index contributed by atoms with van der Waals surface area (Å²) in [5.74, 6) is -1.11. The Morgan fingerprint density at radius 3 is 2.15 bits per heavy atom. The van der Waals surface area contributed by atoms with Crippen molar-refractivity contribution in [2.45, 2.75) is 32.8 Å². The predicted octanol–water partition coefficient (Wildman–Crippen LogP) is 1.69. The minimum absolute atomic E-state index is 0.0349. The van der Waals surface area contributed by atoms with Crippen molar-refractivity contribution in [1.29, 1.82) is 0 Å². The summed E-state index contributed by atoms with van der Waals surface area (Å²) in [6, 6.07) is 6.30. The average Bonchev–Trinajstić information content (AvgIpc) is 2.70. The lowest BCUT2D eigenvalue weighted by molar-refractivity contribution is -0.172. The van der Waals surface area contributed by atoms with Gasteiger partial charge in [-0.25, -0.2) is 4.79 Å². The molecule has 0 N–H and O–H groups in total. The van der Waals surface area contributed by atoms with Gasteiger partial charge in [0.05, 0.1) is 11.7 Å². The van der Waals surface area contributed by atoms with Crippen LogP contribution in [0.4, 0.5) is 0 Å². The van der Waals surface area contributed by atoms with Crippen LogP contribution in [-0.2, 0) is 14.4 Å². The normalized spacial score (nSPS) is 14.8. The van der Waals surface area contributed by atoms with E-state index in [4.69, 9.17) is 9.57 Å². The van der Waals surface area contributed by atoms with Crippen molar-refractivity contribution in [3.63, 3.8) is 0 Å². The van der Waals surface area contributed by atoms with E-state index >= 15 is 0 Å². The smallest absolute Gasteiger partial charge is 0.363 e. The summed E-state index contributed by atoms with van der Waals surface area (Å²) in [6.45, 7) is 3.79. The zero-order valence-corrected chi connectivity index (χ0v) is 11.3. The summed E-state index contributed by atoms with van der Waals surface area (Å²) in [5, 5.41) is 0.529. The lowest BCUT2D eigenvalue weighted by Gasteiger charge is -2.13. The first-order valence-corrected chi connectivity index (χ1v) is 6.32. The number of ether oxygens (including phenoxy) is 1. The van der Waals surface area contributed by atoms with Gasteiger partial charge in [-0.3, -0.25) is 9.59 Å². The molecule has 1 aliphatic rings. The summed E-state index contributed by atoms with van der Waals surface area (Å²) in [6.07, 6.45) is 0.188. The molecule has 0 radical (unpaired) electrons. The molecule has 0 spiro atoms. The number of rotatable bonds is 4. The first-order chi connectivity index (χ1) is 9.47. The molecule has 1 aromatic carbocycles. The fourth-order valence-corrected chi connectivity index (χ4v) is 1.74. The molecule has 6 heteroatoms. The summed E-state index contributed by atoms with van der Waals surface area (Å²) in [7, 11) is 0. The number of hydrogen-bond donors (Lipinski definition) is 0. The number of hydroxylamine groups is 2. The second kappa shape index (κ2) is 5.73. The van der Waals surface area contributed by atoms with Gasteiger partial charge in [0.1, 0.15) is 5.75 Å². The highest BCUT2D eigenvalue weighted by Gasteiger charge is 2.33. The second-order valence-electron chi connectivity index (χ2n) is 4.65. The zero-order chi connectivity index (χ0) is 14.7. The Bertz CT molecular complexity index is 519. The lowest BCUT2D eigenvalue weighted by Crippen LogP contribution is -2.32. The van der Waals surface area contributed by atoms with Crippen molar-refractivity contribution in [2.75, 3.05) is 0 Å². The molecule has 2 rings (SSSR count). The summed E-state index contributed by atoms with van der Waals surface area (Å²) in [4.78, 5) is 39.3. The van der Waals surface area contributed by atoms with Crippen LogP contribution in [0.1, 0.15) is 37.0 Å². The van der Waals surface area contributed by atoms with E-state index in [9.17, 15) is 14.4 Å². The molecule has 1 fully saturated rings. The van der Waals surface area contributed by atoms with E-state index in [1.54, 1.807) is 12.1 Å². The Hall–Kier alpha value is -2.37. The van der Waals surface area contributed by atoms with Gasteiger partial charge in [0, 0.05) is 12.8 Å². The van der Waals surface area contributed by atoms with E-state index in [0.29, 0.717) is 10.8 Å². The molecule has 0 bridgehead atoms. The maximum atomic E-state index is 11.8. The van der Waals surface area contributed by atoms with Gasteiger partial charge in [-0.2, -0.15) is 0 Å². The van der Waals surface area contributed by atoms with Gasteiger partial charge >= 0.3 is 5.97 Å². The maximum Gasteiger partial charge on any atom is 0.363 e. The van der Waals surface area contributed by atoms with E-state index in [2.05, 4.69) is 0 Å². The molecule has 20 heavy (non-hydrogen) atoms. The topological polar surface area (TPSA) is 72.9 Å². The number of amides is 2. The van der Waals surface area contributed by atoms with Crippen molar-refractivity contribution >= 4 is 17.8 Å². The highest BCUT2D eigenvalue weighted by atomic mass is 16.7. The third-order valence-electron chi connectivity index (χ3n) is 2.64. The minimum atomic E-state index is -0.746. The first kappa shape index (κ1) is 14.0. The Balaban J connectivity index is 2.02. The van der Waals surface area contributed by atoms with Crippen molar-refractivity contribution in [3.05, 3.63) is 29.8 Å². The highest BCUT2D eigenvalue weighted by Crippen LogP contribution is 2.17. The molecule has 0 saturated carbocycles. The van der Waals surface area contributed by atoms with Gasteiger partial charge in [0.2, 0.25) is 0 Å². The standard InChI is InChI=1S/C14H15NO5/c1-9(2)19-11-5-3-10(4-6-11)14(18)20-15-12(16)7-8-13(15)17/h3-6,9H,7-8H2,1-2H3. The molecule has 0 aliphatic carbocycles. The van der Waals surface area contributed by atoms with Crippen LogP contribution in [0.5, 0.6) is 5.75 Å². The summed E-state index contributed by atoms with van der Waals surface area (Å²) < 4.78 is 5.45. The molecule has 1 saturated heterocycles. The van der Waals surface area contributed by atoms with Gasteiger partial charge < -0.3 is 9.57 Å². The summed E-state index contributed by atoms with van der Waals surface area (Å²) in [5.41, 5.74) is 0.244. The molecule has 1 aromatic rings. The predicted molar refractivity (Wildman–Crippen MR) is 68.7 cm³/mol. The van der Waals surface area contributed by atoms with Crippen molar-refractivity contribution in [1.82, 2.24) is 5.06 Å². The summed E-state index contributed by atoms with van der Waals surface area (Å²) >= 11 is 0. The maximum absolute atomic E-state index is 11.8. The molecule has 2 amide bonds. The third-order valence-corrected chi connectivity index (χ3v) is 2.64. The minimum Gasteiger partial charge on any atom is -0.491 e. The van der Waals surface area contributed by atoms with Crippen LogP contribution >= 0.6 is 0 Å². The van der Waals surface area contributed by atoms with E-state index in [-0.39, 0.29) is 24.5 Å². The quantitative estimate of drug-likeness (QED) is 0.783. The van der Waals surface area contributed by atoms with Crippen LogP contribution in [0.3, 0.4) is 0 Å². The van der Waals surface area contributed by atoms with Crippen LogP contribution in [0.15, 0.2) is 24.3 Å². The molecular formula is C14H15NO5. The number of benzene rings is 1. The van der Waals surface area contributed by atoms with Gasteiger partial charge in [-0.1, -0.05) is 0 Å². The SMILES string of the molecule is CC(C)Oc1ccc(C(=O)ON2C(=O)CCC2=O)cc1. The number of nitrogens with zero attached hydrogens (tertiary/aromatic N) is 1. The van der Waals surface area contributed by atoms with Crippen molar-refractivity contribution < 1.29 is 24.0 Å². The fourth-order valence-electron chi connectivity index (χ4n) is 1.74. The Morgan fingerprint density at radius 1 is 1.10 bits per heavy atom. The molecule has 0 atom stereocenters. The second-order valence-corrected chi connectivity index (χ2v) is 4.65. The third kappa shape index (κ3) is 3.14. The van der Waals surface area contributed by atoms with Gasteiger partial charge in [-0.05, 0) is 38.1 Å². The molecule has 0 unspecified atom stereocenters. The highest BCUT2D eigenvalue weighted by molar-refractivity contribution is 6.02. The van der Waals surface area contributed by atoms with Gasteiger partial charge in [0.15, 0.2) is 0 Å². The molecule has 6 nitrogen and oxygen atoms in total. The number of carbonyl (C=O) groups excluding carboxylic acids is 3. The number of carbonyl (C=O) groups is 3. The molecule has 1 aliphatic heterocycles. The van der Waals surface area contributed by atoms with E-state index in [1.165, 1.54) is 12.1 Å². The largest absolute Gasteiger partial charge is 0.491 e. The van der Waals surface area contributed by atoms with E-state index in [1.807, 2.05) is 13.8 Å². The molecule has 0 aromatic heterocycles.